The highest BCUT2D eigenvalue weighted by atomic mass is 32.2. The van der Waals surface area contributed by atoms with Gasteiger partial charge in [0.15, 0.2) is 0 Å². The second-order valence-electron chi connectivity index (χ2n) is 11.8. The predicted octanol–water partition coefficient (Wildman–Crippen LogP) is 6.83. The Hall–Kier alpha value is -2.47. The molecule has 5 nitrogen and oxygen atoms in total. The van der Waals surface area contributed by atoms with Crippen LogP contribution in [0.25, 0.3) is 11.1 Å². The summed E-state index contributed by atoms with van der Waals surface area (Å²) in [6.07, 6.45) is 12.0. The number of carboxylic acids is 1. The van der Waals surface area contributed by atoms with Gasteiger partial charge >= 0.3 is 5.97 Å². The Kier molecular flexibility index (Phi) is 8.67. The Labute approximate surface area is 231 Å². The molecule has 1 atom stereocenters. The van der Waals surface area contributed by atoms with Crippen LogP contribution in [0.5, 0.6) is 5.75 Å². The third-order valence-electron chi connectivity index (χ3n) is 9.26. The van der Waals surface area contributed by atoms with Crippen molar-refractivity contribution in [3.05, 3.63) is 53.6 Å². The molecule has 2 aromatic rings. The van der Waals surface area contributed by atoms with E-state index in [-0.39, 0.29) is 5.91 Å². The van der Waals surface area contributed by atoms with Gasteiger partial charge < -0.3 is 15.2 Å². The number of thioether (sulfide) groups is 1. The van der Waals surface area contributed by atoms with Gasteiger partial charge in [-0.1, -0.05) is 24.3 Å². The predicted molar refractivity (Wildman–Crippen MR) is 154 cm³/mol. The van der Waals surface area contributed by atoms with Crippen LogP contribution in [0.3, 0.4) is 0 Å². The Morgan fingerprint density at radius 3 is 2.39 bits per heavy atom. The van der Waals surface area contributed by atoms with Crippen molar-refractivity contribution in [2.24, 2.45) is 29.6 Å². The molecule has 2 N–H and O–H groups in total. The van der Waals surface area contributed by atoms with Crippen LogP contribution in [0.1, 0.15) is 67.3 Å². The number of nitrogens with one attached hydrogen (secondary N) is 1. The number of ether oxygens (including phenoxy) is 1. The third-order valence-corrected chi connectivity index (χ3v) is 9.90. The average Bonchev–Trinajstić information content (AvgIpc) is 2.89. The highest BCUT2D eigenvalue weighted by Gasteiger charge is 2.47. The van der Waals surface area contributed by atoms with Crippen molar-refractivity contribution in [3.63, 3.8) is 0 Å². The van der Waals surface area contributed by atoms with Crippen LogP contribution in [0.15, 0.2) is 42.5 Å². The summed E-state index contributed by atoms with van der Waals surface area (Å²) in [7, 11) is 0. The van der Waals surface area contributed by atoms with Gasteiger partial charge in [-0.15, -0.1) is 0 Å². The van der Waals surface area contributed by atoms with Gasteiger partial charge in [0.1, 0.15) is 11.8 Å². The molecular formula is C32H41NO4S. The molecule has 2 aromatic carbocycles. The standard InChI is InChI=1S/C32H41NO4S/c1-20-6-3-4-7-26(20)29-19-25(9-10-28(29)31(34)33-30(32(35)36)11-13-38-2)37-12-5-8-27-23-15-21-14-22(17-23)18-24(27)16-21/h3-4,6-7,9-10,19,21-24,27,30H,5,8,11-18H2,1-2H3,(H,33,34)(H,35,36)/t21?,22?,23?,24?,27?,30-/m0/s1. The normalized spacial score (nSPS) is 26.2. The third kappa shape index (κ3) is 6.06. The van der Waals surface area contributed by atoms with E-state index in [1.165, 1.54) is 38.5 Å². The molecule has 4 bridgehead atoms. The first-order valence-electron chi connectivity index (χ1n) is 14.3. The molecule has 0 unspecified atom stereocenters. The van der Waals surface area contributed by atoms with E-state index in [0.717, 1.165) is 58.5 Å². The van der Waals surface area contributed by atoms with Crippen LogP contribution in [-0.2, 0) is 4.79 Å². The maximum atomic E-state index is 13.3. The van der Waals surface area contributed by atoms with E-state index in [1.54, 1.807) is 17.8 Å². The Balaban J connectivity index is 1.26. The summed E-state index contributed by atoms with van der Waals surface area (Å²) in [6.45, 7) is 2.70. The summed E-state index contributed by atoms with van der Waals surface area (Å²) in [4.78, 5) is 25.0. The van der Waals surface area contributed by atoms with Crippen molar-refractivity contribution >= 4 is 23.6 Å². The molecule has 0 saturated heterocycles. The Morgan fingerprint density at radius 2 is 1.74 bits per heavy atom. The molecule has 1 amide bonds. The Morgan fingerprint density at radius 1 is 1.03 bits per heavy atom. The van der Waals surface area contributed by atoms with E-state index in [2.05, 4.69) is 5.32 Å². The van der Waals surface area contributed by atoms with E-state index < -0.39 is 12.0 Å². The number of hydrogen-bond donors (Lipinski definition) is 2. The first-order chi connectivity index (χ1) is 18.4. The van der Waals surface area contributed by atoms with Crippen molar-refractivity contribution in [1.82, 2.24) is 5.32 Å². The molecule has 4 fully saturated rings. The highest BCUT2D eigenvalue weighted by Crippen LogP contribution is 2.57. The number of amides is 1. The summed E-state index contributed by atoms with van der Waals surface area (Å²) >= 11 is 1.57. The fourth-order valence-corrected chi connectivity index (χ4v) is 8.13. The summed E-state index contributed by atoms with van der Waals surface area (Å²) in [5, 5.41) is 12.3. The number of carboxylic acid groups (broad SMARTS) is 1. The summed E-state index contributed by atoms with van der Waals surface area (Å²) < 4.78 is 6.23. The van der Waals surface area contributed by atoms with Gasteiger partial charge in [0.25, 0.3) is 5.91 Å². The molecule has 4 saturated carbocycles. The second kappa shape index (κ2) is 12.1. The maximum Gasteiger partial charge on any atom is 0.326 e. The van der Waals surface area contributed by atoms with E-state index in [1.807, 2.05) is 49.6 Å². The number of hydrogen-bond acceptors (Lipinski definition) is 4. The molecule has 204 valence electrons. The van der Waals surface area contributed by atoms with E-state index >= 15 is 0 Å². The summed E-state index contributed by atoms with van der Waals surface area (Å²) in [5.74, 6) is 4.83. The lowest BCUT2D eigenvalue weighted by Crippen LogP contribution is -2.45. The van der Waals surface area contributed by atoms with Crippen molar-refractivity contribution in [2.45, 2.75) is 64.3 Å². The number of carbonyl (C=O) groups is 2. The Bertz CT molecular complexity index is 1120. The zero-order valence-electron chi connectivity index (χ0n) is 22.7. The minimum Gasteiger partial charge on any atom is -0.494 e. The smallest absolute Gasteiger partial charge is 0.326 e. The quantitative estimate of drug-likeness (QED) is 0.291. The summed E-state index contributed by atoms with van der Waals surface area (Å²) in [6, 6.07) is 12.6. The van der Waals surface area contributed by atoms with Crippen LogP contribution < -0.4 is 10.1 Å². The molecule has 0 spiro atoms. The van der Waals surface area contributed by atoms with E-state index in [0.29, 0.717) is 24.3 Å². The fourth-order valence-electron chi connectivity index (χ4n) is 7.66. The highest BCUT2D eigenvalue weighted by molar-refractivity contribution is 7.98. The molecule has 6 rings (SSSR count). The van der Waals surface area contributed by atoms with Crippen LogP contribution in [0.2, 0.25) is 0 Å². The van der Waals surface area contributed by atoms with Crippen LogP contribution in [0.4, 0.5) is 0 Å². The van der Waals surface area contributed by atoms with Gasteiger partial charge in [-0.25, -0.2) is 4.79 Å². The molecule has 0 heterocycles. The lowest BCUT2D eigenvalue weighted by molar-refractivity contribution is -0.139. The first-order valence-corrected chi connectivity index (χ1v) is 15.7. The minimum absolute atomic E-state index is 0.370. The van der Waals surface area contributed by atoms with Crippen LogP contribution in [0, 0.1) is 36.5 Å². The molecular weight excluding hydrogens is 494 g/mol. The molecule has 0 radical (unpaired) electrons. The molecule has 0 aromatic heterocycles. The number of rotatable bonds is 12. The number of carbonyl (C=O) groups excluding carboxylic acids is 1. The first kappa shape index (κ1) is 27.1. The number of aliphatic carboxylic acids is 1. The molecule has 6 heteroatoms. The average molecular weight is 536 g/mol. The monoisotopic (exact) mass is 535 g/mol. The second-order valence-corrected chi connectivity index (χ2v) is 12.7. The summed E-state index contributed by atoms with van der Waals surface area (Å²) in [5.41, 5.74) is 3.24. The van der Waals surface area contributed by atoms with Crippen molar-refractivity contribution in [1.29, 1.82) is 0 Å². The lowest BCUT2D eigenvalue weighted by Gasteiger charge is -2.54. The van der Waals surface area contributed by atoms with Crippen LogP contribution in [-0.4, -0.2) is 41.6 Å². The molecule has 38 heavy (non-hydrogen) atoms. The minimum atomic E-state index is -1.01. The molecule has 4 aliphatic carbocycles. The SMILES string of the molecule is CSCC[C@H](NC(=O)c1ccc(OCCCC2C3CC4CC(C3)CC2C4)cc1-c1ccccc1C)C(=O)O. The van der Waals surface area contributed by atoms with E-state index in [9.17, 15) is 14.7 Å². The van der Waals surface area contributed by atoms with Crippen molar-refractivity contribution < 1.29 is 19.4 Å². The molecule has 0 aliphatic heterocycles. The van der Waals surface area contributed by atoms with Gasteiger partial charge in [-0.2, -0.15) is 11.8 Å². The van der Waals surface area contributed by atoms with Gasteiger partial charge in [-0.05, 0) is 135 Å². The largest absolute Gasteiger partial charge is 0.494 e. The van der Waals surface area contributed by atoms with Crippen LogP contribution >= 0.6 is 11.8 Å². The lowest BCUT2D eigenvalue weighted by atomic mass is 9.51. The van der Waals surface area contributed by atoms with Gasteiger partial charge in [-0.3, -0.25) is 4.79 Å². The van der Waals surface area contributed by atoms with Gasteiger partial charge in [0.2, 0.25) is 0 Å². The van der Waals surface area contributed by atoms with Crippen molar-refractivity contribution in [2.75, 3.05) is 18.6 Å². The topological polar surface area (TPSA) is 75.6 Å². The molecule has 4 aliphatic rings. The number of benzene rings is 2. The fraction of sp³-hybridized carbons (Fsp3) is 0.562. The van der Waals surface area contributed by atoms with Gasteiger partial charge in [0.05, 0.1) is 6.61 Å². The number of aryl methyl sites for hydroxylation is 1. The maximum absolute atomic E-state index is 13.3. The van der Waals surface area contributed by atoms with E-state index in [4.69, 9.17) is 4.74 Å². The zero-order chi connectivity index (χ0) is 26.6. The van der Waals surface area contributed by atoms with Gasteiger partial charge in [0, 0.05) is 5.56 Å². The van der Waals surface area contributed by atoms with Crippen molar-refractivity contribution in [3.8, 4) is 16.9 Å². The zero-order valence-corrected chi connectivity index (χ0v) is 23.5.